The summed E-state index contributed by atoms with van der Waals surface area (Å²) in [5.74, 6) is 2.03. The van der Waals surface area contributed by atoms with Crippen LogP contribution < -0.4 is 9.47 Å². The molecule has 2 rings (SSSR count). The zero-order chi connectivity index (χ0) is 13.8. The van der Waals surface area contributed by atoms with E-state index in [1.807, 2.05) is 25.1 Å². The maximum atomic E-state index is 5.91. The first-order chi connectivity index (χ1) is 9.12. The molecule has 0 aliphatic carbocycles. The summed E-state index contributed by atoms with van der Waals surface area (Å²) in [6, 6.07) is 7.43. The fourth-order valence-corrected chi connectivity index (χ4v) is 2.74. The van der Waals surface area contributed by atoms with Crippen LogP contribution in [-0.2, 0) is 0 Å². The molecule has 1 aromatic heterocycles. The molecule has 100 valence electrons. The summed E-state index contributed by atoms with van der Waals surface area (Å²) >= 11 is 7.41. The summed E-state index contributed by atoms with van der Waals surface area (Å²) in [6.07, 6.45) is 0. The quantitative estimate of drug-likeness (QED) is 0.807. The molecule has 0 N–H and O–H groups in total. The van der Waals surface area contributed by atoms with Crippen LogP contribution in [0.3, 0.4) is 0 Å². The van der Waals surface area contributed by atoms with Gasteiger partial charge in [-0.1, -0.05) is 23.4 Å². The largest absolute Gasteiger partial charge is 0.493 e. The second kappa shape index (κ2) is 6.12. The number of hydrogen-bond acceptors (Lipinski definition) is 5. The van der Waals surface area contributed by atoms with Gasteiger partial charge in [0.05, 0.1) is 14.2 Å². The lowest BCUT2D eigenvalue weighted by Gasteiger charge is -2.09. The van der Waals surface area contributed by atoms with Crippen molar-refractivity contribution in [3.05, 3.63) is 35.2 Å². The molecule has 0 amide bonds. The zero-order valence-electron chi connectivity index (χ0n) is 10.8. The molecule has 0 saturated carbocycles. The van der Waals surface area contributed by atoms with Crippen molar-refractivity contribution < 1.29 is 9.47 Å². The van der Waals surface area contributed by atoms with Crippen LogP contribution in [0.4, 0.5) is 0 Å². The summed E-state index contributed by atoms with van der Waals surface area (Å²) in [7, 11) is 3.22. The van der Waals surface area contributed by atoms with Crippen molar-refractivity contribution in [1.82, 2.24) is 9.97 Å². The molecule has 0 fully saturated rings. The Balaban J connectivity index is 2.28. The van der Waals surface area contributed by atoms with Crippen molar-refractivity contribution in [3.63, 3.8) is 0 Å². The number of methoxy groups -OCH3 is 2. The van der Waals surface area contributed by atoms with E-state index in [-0.39, 0.29) is 0 Å². The van der Waals surface area contributed by atoms with Gasteiger partial charge >= 0.3 is 0 Å². The highest BCUT2D eigenvalue weighted by molar-refractivity contribution is 7.99. The molecule has 0 unspecified atom stereocenters. The van der Waals surface area contributed by atoms with E-state index in [0.29, 0.717) is 22.5 Å². The topological polar surface area (TPSA) is 44.2 Å². The Morgan fingerprint density at radius 1 is 1.05 bits per heavy atom. The maximum Gasteiger partial charge on any atom is 0.161 e. The average molecular weight is 297 g/mol. The highest BCUT2D eigenvalue weighted by Crippen LogP contribution is 2.34. The Kier molecular flexibility index (Phi) is 4.50. The molecule has 0 aliphatic heterocycles. The summed E-state index contributed by atoms with van der Waals surface area (Å²) in [6.45, 7) is 1.81. The molecule has 19 heavy (non-hydrogen) atoms. The number of rotatable bonds is 4. The number of nitrogens with zero attached hydrogens (tertiary/aromatic N) is 2. The predicted molar refractivity (Wildman–Crippen MR) is 75.4 cm³/mol. The van der Waals surface area contributed by atoms with Crippen molar-refractivity contribution in [3.8, 4) is 11.5 Å². The average Bonchev–Trinajstić information content (AvgIpc) is 2.37. The Morgan fingerprint density at radius 2 is 1.79 bits per heavy atom. The minimum absolute atomic E-state index is 0.440. The summed E-state index contributed by atoms with van der Waals surface area (Å²) in [4.78, 5) is 9.35. The fraction of sp³-hybridized carbons (Fsp3) is 0.231. The van der Waals surface area contributed by atoms with Crippen LogP contribution in [0.15, 0.2) is 34.2 Å². The van der Waals surface area contributed by atoms with E-state index in [0.717, 1.165) is 9.92 Å². The first-order valence-electron chi connectivity index (χ1n) is 5.53. The number of benzene rings is 1. The fourth-order valence-electron chi connectivity index (χ4n) is 1.56. The van der Waals surface area contributed by atoms with Crippen LogP contribution in [-0.4, -0.2) is 24.2 Å². The van der Waals surface area contributed by atoms with Gasteiger partial charge in [-0.3, -0.25) is 0 Å². The monoisotopic (exact) mass is 296 g/mol. The Hall–Kier alpha value is -1.46. The van der Waals surface area contributed by atoms with Crippen molar-refractivity contribution in [2.75, 3.05) is 14.2 Å². The summed E-state index contributed by atoms with van der Waals surface area (Å²) in [5.41, 5.74) is 0. The van der Waals surface area contributed by atoms with Crippen molar-refractivity contribution in [1.29, 1.82) is 0 Å². The number of ether oxygens (including phenoxy) is 2. The highest BCUT2D eigenvalue weighted by Gasteiger charge is 2.07. The lowest BCUT2D eigenvalue weighted by Crippen LogP contribution is -1.92. The van der Waals surface area contributed by atoms with Crippen LogP contribution in [0.1, 0.15) is 5.82 Å². The highest BCUT2D eigenvalue weighted by atomic mass is 35.5. The summed E-state index contributed by atoms with van der Waals surface area (Å²) in [5, 5.41) is 1.24. The predicted octanol–water partition coefficient (Wildman–Crippen LogP) is 3.61. The van der Waals surface area contributed by atoms with Gasteiger partial charge in [-0.05, 0) is 25.1 Å². The standard InChI is InChI=1S/C13H13ClN2O2S/c1-8-15-12(14)7-13(16-8)19-9-4-5-10(17-2)11(6-9)18-3/h4-7H,1-3H3. The molecule has 0 spiro atoms. The molecule has 0 saturated heterocycles. The smallest absolute Gasteiger partial charge is 0.161 e. The van der Waals surface area contributed by atoms with Crippen LogP contribution in [0.5, 0.6) is 11.5 Å². The Bertz CT molecular complexity index is 573. The lowest BCUT2D eigenvalue weighted by molar-refractivity contribution is 0.354. The van der Waals surface area contributed by atoms with E-state index in [2.05, 4.69) is 9.97 Å². The molecule has 4 nitrogen and oxygen atoms in total. The minimum Gasteiger partial charge on any atom is -0.493 e. The molecule has 0 atom stereocenters. The third kappa shape index (κ3) is 3.52. The second-order valence-corrected chi connectivity index (χ2v) is 5.18. The minimum atomic E-state index is 0.440. The van der Waals surface area contributed by atoms with Gasteiger partial charge in [-0.15, -0.1) is 0 Å². The van der Waals surface area contributed by atoms with E-state index in [1.165, 1.54) is 11.8 Å². The number of halogens is 1. The second-order valence-electron chi connectivity index (χ2n) is 3.69. The molecule has 0 bridgehead atoms. The van der Waals surface area contributed by atoms with Gasteiger partial charge < -0.3 is 9.47 Å². The Morgan fingerprint density at radius 3 is 2.42 bits per heavy atom. The van der Waals surface area contributed by atoms with Crippen molar-refractivity contribution in [2.24, 2.45) is 0 Å². The third-order valence-electron chi connectivity index (χ3n) is 2.36. The SMILES string of the molecule is COc1ccc(Sc2cc(Cl)nc(C)n2)cc1OC. The van der Waals surface area contributed by atoms with E-state index >= 15 is 0 Å². The van der Waals surface area contributed by atoms with E-state index in [4.69, 9.17) is 21.1 Å². The van der Waals surface area contributed by atoms with Gasteiger partial charge in [0.2, 0.25) is 0 Å². The van der Waals surface area contributed by atoms with E-state index in [1.54, 1.807) is 20.3 Å². The van der Waals surface area contributed by atoms with E-state index < -0.39 is 0 Å². The lowest BCUT2D eigenvalue weighted by atomic mass is 10.3. The maximum absolute atomic E-state index is 5.91. The van der Waals surface area contributed by atoms with Gasteiger partial charge in [0.1, 0.15) is 16.0 Å². The van der Waals surface area contributed by atoms with Crippen molar-refractivity contribution >= 4 is 23.4 Å². The molecule has 6 heteroatoms. The Labute approximate surface area is 121 Å². The van der Waals surface area contributed by atoms with Gasteiger partial charge in [-0.2, -0.15) is 0 Å². The zero-order valence-corrected chi connectivity index (χ0v) is 12.4. The van der Waals surface area contributed by atoms with Crippen LogP contribution in [0.25, 0.3) is 0 Å². The molecule has 0 radical (unpaired) electrons. The molecule has 2 aromatic rings. The van der Waals surface area contributed by atoms with Crippen LogP contribution in [0.2, 0.25) is 5.15 Å². The van der Waals surface area contributed by atoms with Crippen LogP contribution in [0, 0.1) is 6.92 Å². The van der Waals surface area contributed by atoms with E-state index in [9.17, 15) is 0 Å². The molecule has 1 aromatic carbocycles. The van der Waals surface area contributed by atoms with Crippen LogP contribution >= 0.6 is 23.4 Å². The molecule has 1 heterocycles. The number of hydrogen-bond donors (Lipinski definition) is 0. The normalized spacial score (nSPS) is 10.3. The van der Waals surface area contributed by atoms with Gasteiger partial charge in [-0.25, -0.2) is 9.97 Å². The van der Waals surface area contributed by atoms with Gasteiger partial charge in [0.15, 0.2) is 11.5 Å². The molecular formula is C13H13ClN2O2S. The van der Waals surface area contributed by atoms with Gasteiger partial charge in [0.25, 0.3) is 0 Å². The first-order valence-corrected chi connectivity index (χ1v) is 6.73. The van der Waals surface area contributed by atoms with Crippen molar-refractivity contribution in [2.45, 2.75) is 16.8 Å². The van der Waals surface area contributed by atoms with Gasteiger partial charge in [0, 0.05) is 11.0 Å². The number of aryl methyl sites for hydroxylation is 1. The third-order valence-corrected chi connectivity index (χ3v) is 3.46. The summed E-state index contributed by atoms with van der Waals surface area (Å²) < 4.78 is 10.5. The number of aromatic nitrogens is 2. The first kappa shape index (κ1) is 14.0. The molecule has 0 aliphatic rings. The molecular weight excluding hydrogens is 284 g/mol.